The summed E-state index contributed by atoms with van der Waals surface area (Å²) in [7, 11) is -9.92. The van der Waals surface area contributed by atoms with E-state index in [0.29, 0.717) is 31.6 Å². The van der Waals surface area contributed by atoms with Gasteiger partial charge in [-0.25, -0.2) is 9.13 Å². The Balaban J connectivity index is 5.18. The predicted molar refractivity (Wildman–Crippen MR) is 400 cm³/mol. The fourth-order valence-electron chi connectivity index (χ4n) is 12.0. The smallest absolute Gasteiger partial charge is 0.462 e. The average Bonchev–Trinajstić information content (AvgIpc) is 1.25. The van der Waals surface area contributed by atoms with Gasteiger partial charge in [-0.1, -0.05) is 351 Å². The summed E-state index contributed by atoms with van der Waals surface area (Å²) in [4.78, 5) is 72.9. The first-order valence-electron chi connectivity index (χ1n) is 40.7. The molecular formula is C79H154O17P2. The molecule has 0 spiro atoms. The Morgan fingerprint density at radius 2 is 0.490 bits per heavy atom. The first-order chi connectivity index (χ1) is 47.1. The monoisotopic (exact) mass is 1440 g/mol. The minimum atomic E-state index is -4.96. The molecule has 3 N–H and O–H groups in total. The molecule has 0 saturated carbocycles. The van der Waals surface area contributed by atoms with Crippen molar-refractivity contribution in [3.8, 4) is 0 Å². The molecule has 0 saturated heterocycles. The topological polar surface area (TPSA) is 237 Å². The second-order valence-electron chi connectivity index (χ2n) is 30.1. The second-order valence-corrected chi connectivity index (χ2v) is 33.0. The molecule has 582 valence electrons. The molecule has 0 amide bonds. The molecule has 0 fully saturated rings. The molecule has 4 unspecified atom stereocenters. The summed E-state index contributed by atoms with van der Waals surface area (Å²) in [6, 6.07) is 0. The van der Waals surface area contributed by atoms with Crippen molar-refractivity contribution in [2.75, 3.05) is 39.6 Å². The molecular weight excluding hydrogens is 1280 g/mol. The van der Waals surface area contributed by atoms with Crippen LogP contribution in [0.2, 0.25) is 0 Å². The van der Waals surface area contributed by atoms with Crippen molar-refractivity contribution in [2.45, 2.75) is 420 Å². The summed E-state index contributed by atoms with van der Waals surface area (Å²) < 4.78 is 68.6. The van der Waals surface area contributed by atoms with E-state index in [1.54, 1.807) is 0 Å². The zero-order valence-corrected chi connectivity index (χ0v) is 66.2. The van der Waals surface area contributed by atoms with Crippen molar-refractivity contribution in [3.05, 3.63) is 0 Å². The number of aliphatic hydroxyl groups is 1. The molecule has 0 aromatic carbocycles. The van der Waals surface area contributed by atoms with Crippen molar-refractivity contribution in [1.29, 1.82) is 0 Å². The molecule has 0 heterocycles. The molecule has 0 aromatic rings. The van der Waals surface area contributed by atoms with Crippen LogP contribution in [0.1, 0.15) is 402 Å². The number of hydrogen-bond acceptors (Lipinski definition) is 15. The minimum Gasteiger partial charge on any atom is -0.462 e. The number of unbranched alkanes of at least 4 members (excludes halogenated alkanes) is 41. The van der Waals surface area contributed by atoms with E-state index in [9.17, 15) is 43.2 Å². The van der Waals surface area contributed by atoms with Crippen LogP contribution in [0.15, 0.2) is 0 Å². The van der Waals surface area contributed by atoms with Crippen LogP contribution < -0.4 is 0 Å². The van der Waals surface area contributed by atoms with E-state index in [0.717, 1.165) is 114 Å². The average molecular weight is 1440 g/mol. The summed E-state index contributed by atoms with van der Waals surface area (Å²) in [6.07, 6.45) is 54.3. The third kappa shape index (κ3) is 71.1. The summed E-state index contributed by atoms with van der Waals surface area (Å²) in [5.74, 6) is 0.966. The molecule has 0 bridgehead atoms. The van der Waals surface area contributed by atoms with Crippen LogP contribution in [0.25, 0.3) is 0 Å². The summed E-state index contributed by atoms with van der Waals surface area (Å²) >= 11 is 0. The maximum Gasteiger partial charge on any atom is 0.472 e. The Hall–Kier alpha value is -1.94. The first-order valence-corrected chi connectivity index (χ1v) is 43.7. The van der Waals surface area contributed by atoms with Gasteiger partial charge >= 0.3 is 39.5 Å². The van der Waals surface area contributed by atoms with Gasteiger partial charge in [0, 0.05) is 25.7 Å². The lowest BCUT2D eigenvalue weighted by Crippen LogP contribution is -2.30. The molecule has 0 aliphatic rings. The number of ether oxygens (including phenoxy) is 4. The van der Waals surface area contributed by atoms with Crippen LogP contribution in [0.4, 0.5) is 0 Å². The van der Waals surface area contributed by atoms with Crippen molar-refractivity contribution in [3.63, 3.8) is 0 Å². The van der Waals surface area contributed by atoms with E-state index in [2.05, 4.69) is 55.4 Å². The lowest BCUT2D eigenvalue weighted by atomic mass is 9.99. The SMILES string of the molecule is CCC(C)CCCCCCCCCCCCCCCCCCCCC(=O)O[C@H](COC(=O)CCCCCCCCCC(C)C)COP(=O)(O)OCC(O)COP(=O)(O)OC[C@@H](COC(=O)CCCCCCCCCCCC(C)C)OC(=O)CCCCCCCCCCCCCC(C)C. The van der Waals surface area contributed by atoms with Gasteiger partial charge in [0.2, 0.25) is 0 Å². The quantitative estimate of drug-likeness (QED) is 0.0222. The Morgan fingerprint density at radius 1 is 0.286 bits per heavy atom. The number of esters is 4. The number of phosphoric acid groups is 2. The zero-order valence-electron chi connectivity index (χ0n) is 64.4. The Labute approximate surface area is 600 Å². The van der Waals surface area contributed by atoms with Crippen molar-refractivity contribution in [2.24, 2.45) is 23.7 Å². The van der Waals surface area contributed by atoms with Crippen LogP contribution in [0, 0.1) is 23.7 Å². The van der Waals surface area contributed by atoms with Gasteiger partial charge in [-0.3, -0.25) is 37.3 Å². The molecule has 17 nitrogen and oxygen atoms in total. The van der Waals surface area contributed by atoms with Gasteiger partial charge in [-0.2, -0.15) is 0 Å². The van der Waals surface area contributed by atoms with Crippen LogP contribution in [0.3, 0.4) is 0 Å². The van der Waals surface area contributed by atoms with E-state index < -0.39 is 97.5 Å². The number of carbonyl (C=O) groups excluding carboxylic acids is 4. The van der Waals surface area contributed by atoms with Gasteiger partial charge < -0.3 is 33.8 Å². The van der Waals surface area contributed by atoms with E-state index in [1.807, 2.05) is 0 Å². The van der Waals surface area contributed by atoms with Crippen LogP contribution in [-0.2, 0) is 65.4 Å². The highest BCUT2D eigenvalue weighted by atomic mass is 31.2. The second kappa shape index (κ2) is 68.2. The summed E-state index contributed by atoms with van der Waals surface area (Å²) in [5.41, 5.74) is 0. The largest absolute Gasteiger partial charge is 0.472 e. The highest BCUT2D eigenvalue weighted by Crippen LogP contribution is 2.45. The normalized spacial score (nSPS) is 14.3. The van der Waals surface area contributed by atoms with Crippen LogP contribution in [-0.4, -0.2) is 96.7 Å². The van der Waals surface area contributed by atoms with Crippen molar-refractivity contribution < 1.29 is 80.2 Å². The molecule has 0 aliphatic heterocycles. The molecule has 6 atom stereocenters. The maximum absolute atomic E-state index is 13.1. The van der Waals surface area contributed by atoms with Crippen molar-refractivity contribution in [1.82, 2.24) is 0 Å². The molecule has 0 aliphatic carbocycles. The van der Waals surface area contributed by atoms with Crippen LogP contribution >= 0.6 is 15.6 Å². The van der Waals surface area contributed by atoms with Crippen molar-refractivity contribution >= 4 is 39.5 Å². The standard InChI is InChI=1S/C79H154O17P2/c1-9-72(8)58-50-42-34-26-20-16-14-12-10-11-13-15-17-21-27-36-45-53-61-78(83)96-75(66-90-77(82)60-52-44-38-30-33-41-49-57-71(6)7)68-94-98(87,88)92-64-73(80)63-91-97(85,86)93-67-74(65-89-76(81)59-51-43-35-29-23-25-32-40-48-56-70(4)5)95-79(84)62-54-46-37-28-22-18-19-24-31-39-47-55-69(2)3/h69-75,80H,9-68H2,1-8H3,(H,85,86)(H,87,88)/t72?,73?,74-,75-/m1/s1. The maximum atomic E-state index is 13.1. The zero-order chi connectivity index (χ0) is 72.4. The van der Waals surface area contributed by atoms with Gasteiger partial charge in [0.25, 0.3) is 0 Å². The Morgan fingerprint density at radius 3 is 0.724 bits per heavy atom. The van der Waals surface area contributed by atoms with E-state index >= 15 is 0 Å². The van der Waals surface area contributed by atoms with Crippen LogP contribution in [0.5, 0.6) is 0 Å². The van der Waals surface area contributed by atoms with E-state index in [4.69, 9.17) is 37.0 Å². The minimum absolute atomic E-state index is 0.106. The van der Waals surface area contributed by atoms with E-state index in [-0.39, 0.29) is 25.7 Å². The number of hydrogen-bond donors (Lipinski definition) is 3. The molecule has 0 aromatic heterocycles. The van der Waals surface area contributed by atoms with E-state index in [1.165, 1.54) is 199 Å². The lowest BCUT2D eigenvalue weighted by molar-refractivity contribution is -0.161. The third-order valence-corrected chi connectivity index (χ3v) is 20.6. The van der Waals surface area contributed by atoms with Gasteiger partial charge in [0.05, 0.1) is 26.4 Å². The Kier molecular flexibility index (Phi) is 66.8. The predicted octanol–water partition coefficient (Wildman–Crippen LogP) is 23.2. The number of aliphatic hydroxyl groups excluding tert-OH is 1. The van der Waals surface area contributed by atoms with Gasteiger partial charge in [0.1, 0.15) is 19.3 Å². The number of rotatable bonds is 76. The van der Waals surface area contributed by atoms with Gasteiger partial charge in [-0.05, 0) is 49.4 Å². The number of carbonyl (C=O) groups is 4. The van der Waals surface area contributed by atoms with Gasteiger partial charge in [0.15, 0.2) is 12.2 Å². The first kappa shape index (κ1) is 96.1. The highest BCUT2D eigenvalue weighted by Gasteiger charge is 2.30. The third-order valence-electron chi connectivity index (χ3n) is 18.7. The fraction of sp³-hybridized carbons (Fsp3) is 0.949. The molecule has 0 rings (SSSR count). The molecule has 0 radical (unpaired) electrons. The highest BCUT2D eigenvalue weighted by molar-refractivity contribution is 7.47. The number of phosphoric ester groups is 2. The fourth-order valence-corrected chi connectivity index (χ4v) is 13.6. The molecule has 19 heteroatoms. The Bertz CT molecular complexity index is 1920. The molecule has 98 heavy (non-hydrogen) atoms. The summed E-state index contributed by atoms with van der Waals surface area (Å²) in [5, 5.41) is 10.6. The lowest BCUT2D eigenvalue weighted by Gasteiger charge is -2.21. The summed E-state index contributed by atoms with van der Waals surface area (Å²) in [6.45, 7) is 14.2. The van der Waals surface area contributed by atoms with Gasteiger partial charge in [-0.15, -0.1) is 0 Å².